The van der Waals surface area contributed by atoms with Gasteiger partial charge in [-0.25, -0.2) is 4.79 Å². The third-order valence-corrected chi connectivity index (χ3v) is 3.29. The van der Waals surface area contributed by atoms with Crippen molar-refractivity contribution in [2.75, 3.05) is 33.7 Å². The van der Waals surface area contributed by atoms with Crippen LogP contribution in [0.25, 0.3) is 0 Å². The molecule has 0 aromatic heterocycles. The van der Waals surface area contributed by atoms with Crippen molar-refractivity contribution in [3.05, 3.63) is 23.3 Å². The van der Waals surface area contributed by atoms with Crippen molar-refractivity contribution in [2.45, 2.75) is 11.8 Å². The van der Waals surface area contributed by atoms with Gasteiger partial charge < -0.3 is 14.2 Å². The maximum Gasteiger partial charge on any atom is 0.338 e. The Bertz CT molecular complexity index is 418. The second-order valence-corrected chi connectivity index (χ2v) is 4.45. The van der Waals surface area contributed by atoms with E-state index in [0.717, 1.165) is 16.2 Å². The predicted octanol–water partition coefficient (Wildman–Crippen LogP) is 2.53. The van der Waals surface area contributed by atoms with E-state index in [1.54, 1.807) is 24.9 Å². The highest BCUT2D eigenvalue weighted by atomic mass is 32.2. The van der Waals surface area contributed by atoms with Crippen LogP contribution < -0.4 is 4.74 Å². The fourth-order valence-corrected chi connectivity index (χ4v) is 2.17. The highest BCUT2D eigenvalue weighted by Crippen LogP contribution is 2.33. The van der Waals surface area contributed by atoms with E-state index in [4.69, 9.17) is 14.2 Å². The van der Waals surface area contributed by atoms with Crippen LogP contribution in [-0.4, -0.2) is 39.7 Å². The highest BCUT2D eigenvalue weighted by Gasteiger charge is 2.16. The van der Waals surface area contributed by atoms with Gasteiger partial charge in [-0.3, -0.25) is 0 Å². The van der Waals surface area contributed by atoms with Crippen molar-refractivity contribution in [1.82, 2.24) is 0 Å². The van der Waals surface area contributed by atoms with Crippen LogP contribution in [0.5, 0.6) is 5.75 Å². The summed E-state index contributed by atoms with van der Waals surface area (Å²) in [6.07, 6.45) is 1.97. The molecule has 0 bridgehead atoms. The molecule has 0 spiro atoms. The average molecular weight is 270 g/mol. The van der Waals surface area contributed by atoms with Crippen molar-refractivity contribution >= 4 is 17.7 Å². The minimum absolute atomic E-state index is 0.350. The number of methoxy groups -OCH3 is 2. The van der Waals surface area contributed by atoms with Crippen LogP contribution >= 0.6 is 11.8 Å². The Morgan fingerprint density at radius 3 is 2.56 bits per heavy atom. The SMILES string of the molecule is COCCOc1c(SC)ccc(C(=O)OC)c1C. The number of carbonyl (C=O) groups excluding carboxylic acids is 1. The van der Waals surface area contributed by atoms with Crippen LogP contribution in [0.1, 0.15) is 15.9 Å². The van der Waals surface area contributed by atoms with Gasteiger partial charge in [-0.15, -0.1) is 11.8 Å². The van der Waals surface area contributed by atoms with E-state index in [1.165, 1.54) is 7.11 Å². The predicted molar refractivity (Wildman–Crippen MR) is 71.7 cm³/mol. The number of benzene rings is 1. The quantitative estimate of drug-likeness (QED) is 0.451. The first-order valence-electron chi connectivity index (χ1n) is 5.53. The molecule has 18 heavy (non-hydrogen) atoms. The lowest BCUT2D eigenvalue weighted by Crippen LogP contribution is -2.09. The number of carbonyl (C=O) groups is 1. The zero-order valence-corrected chi connectivity index (χ0v) is 11.9. The smallest absolute Gasteiger partial charge is 0.338 e. The minimum atomic E-state index is -0.350. The number of esters is 1. The van der Waals surface area contributed by atoms with Gasteiger partial charge in [-0.05, 0) is 25.3 Å². The molecule has 0 saturated carbocycles. The molecular weight excluding hydrogens is 252 g/mol. The molecule has 0 heterocycles. The molecule has 1 rings (SSSR count). The molecule has 5 heteroatoms. The van der Waals surface area contributed by atoms with Gasteiger partial charge in [-0.1, -0.05) is 0 Å². The molecule has 0 unspecified atom stereocenters. The van der Waals surface area contributed by atoms with E-state index in [1.807, 2.05) is 19.2 Å². The number of hydrogen-bond acceptors (Lipinski definition) is 5. The molecule has 4 nitrogen and oxygen atoms in total. The first kappa shape index (κ1) is 14.9. The Morgan fingerprint density at radius 2 is 2.00 bits per heavy atom. The minimum Gasteiger partial charge on any atom is -0.490 e. The van der Waals surface area contributed by atoms with Crippen LogP contribution in [0.3, 0.4) is 0 Å². The summed E-state index contributed by atoms with van der Waals surface area (Å²) in [6.45, 7) is 2.82. The fraction of sp³-hybridized carbons (Fsp3) is 0.462. The van der Waals surface area contributed by atoms with Crippen molar-refractivity contribution in [3.8, 4) is 5.75 Å². The van der Waals surface area contributed by atoms with Crippen LogP contribution in [0.2, 0.25) is 0 Å². The molecule has 0 aliphatic rings. The second-order valence-electron chi connectivity index (χ2n) is 3.60. The summed E-state index contributed by atoms with van der Waals surface area (Å²) < 4.78 is 15.4. The Morgan fingerprint density at radius 1 is 1.28 bits per heavy atom. The third kappa shape index (κ3) is 3.40. The van der Waals surface area contributed by atoms with Gasteiger partial charge in [0.15, 0.2) is 0 Å². The molecule has 0 fully saturated rings. The maximum absolute atomic E-state index is 11.6. The molecule has 1 aromatic carbocycles. The van der Waals surface area contributed by atoms with Crippen LogP contribution in [0.4, 0.5) is 0 Å². The summed E-state index contributed by atoms with van der Waals surface area (Å²) >= 11 is 1.58. The lowest BCUT2D eigenvalue weighted by molar-refractivity contribution is 0.0599. The van der Waals surface area contributed by atoms with E-state index in [0.29, 0.717) is 18.8 Å². The maximum atomic E-state index is 11.6. The van der Waals surface area contributed by atoms with Gasteiger partial charge in [0.2, 0.25) is 0 Å². The molecule has 0 radical (unpaired) electrons. The Hall–Kier alpha value is -1.20. The summed E-state index contributed by atoms with van der Waals surface area (Å²) in [5, 5.41) is 0. The molecule has 0 N–H and O–H groups in total. The highest BCUT2D eigenvalue weighted by molar-refractivity contribution is 7.98. The van der Waals surface area contributed by atoms with Gasteiger partial charge in [0.1, 0.15) is 12.4 Å². The molecule has 0 amide bonds. The molecule has 100 valence electrons. The van der Waals surface area contributed by atoms with Crippen molar-refractivity contribution < 1.29 is 19.0 Å². The number of rotatable bonds is 6. The van der Waals surface area contributed by atoms with E-state index >= 15 is 0 Å². The number of hydrogen-bond donors (Lipinski definition) is 0. The summed E-state index contributed by atoms with van der Waals surface area (Å²) in [7, 11) is 2.99. The van der Waals surface area contributed by atoms with Gasteiger partial charge in [0.25, 0.3) is 0 Å². The molecule has 0 aliphatic heterocycles. The van der Waals surface area contributed by atoms with Gasteiger partial charge >= 0.3 is 5.97 Å². The fourth-order valence-electron chi connectivity index (χ4n) is 1.57. The van der Waals surface area contributed by atoms with E-state index in [9.17, 15) is 4.79 Å². The first-order chi connectivity index (χ1) is 8.65. The summed E-state index contributed by atoms with van der Waals surface area (Å²) in [4.78, 5) is 12.6. The summed E-state index contributed by atoms with van der Waals surface area (Å²) in [5.74, 6) is 0.374. The van der Waals surface area contributed by atoms with Gasteiger partial charge in [0, 0.05) is 17.6 Å². The van der Waals surface area contributed by atoms with Crippen molar-refractivity contribution in [3.63, 3.8) is 0 Å². The first-order valence-corrected chi connectivity index (χ1v) is 6.75. The normalized spacial score (nSPS) is 10.2. The second kappa shape index (κ2) is 7.28. The largest absolute Gasteiger partial charge is 0.490 e. The standard InChI is InChI=1S/C13H18O4S/c1-9-10(13(14)16-3)5-6-11(18-4)12(9)17-8-7-15-2/h5-6H,7-8H2,1-4H3. The molecule has 0 aliphatic carbocycles. The van der Waals surface area contributed by atoms with Crippen LogP contribution in [0.15, 0.2) is 17.0 Å². The van der Waals surface area contributed by atoms with Crippen molar-refractivity contribution in [2.24, 2.45) is 0 Å². The zero-order valence-electron chi connectivity index (χ0n) is 11.1. The van der Waals surface area contributed by atoms with E-state index < -0.39 is 0 Å². The molecular formula is C13H18O4S. The Labute approximate surface area is 112 Å². The summed E-state index contributed by atoms with van der Waals surface area (Å²) in [5.41, 5.74) is 1.33. The Balaban J connectivity index is 3.06. The number of ether oxygens (including phenoxy) is 3. The van der Waals surface area contributed by atoms with E-state index in [2.05, 4.69) is 0 Å². The lowest BCUT2D eigenvalue weighted by atomic mass is 10.1. The van der Waals surface area contributed by atoms with E-state index in [-0.39, 0.29) is 5.97 Å². The van der Waals surface area contributed by atoms with Crippen molar-refractivity contribution in [1.29, 1.82) is 0 Å². The lowest BCUT2D eigenvalue weighted by Gasteiger charge is -2.15. The summed E-state index contributed by atoms with van der Waals surface area (Å²) in [6, 6.07) is 3.63. The van der Waals surface area contributed by atoms with Gasteiger partial charge in [0.05, 0.1) is 19.3 Å². The average Bonchev–Trinajstić information content (AvgIpc) is 2.39. The topological polar surface area (TPSA) is 44.8 Å². The molecule has 0 saturated heterocycles. The monoisotopic (exact) mass is 270 g/mol. The molecule has 0 atom stereocenters. The van der Waals surface area contributed by atoms with Gasteiger partial charge in [-0.2, -0.15) is 0 Å². The zero-order chi connectivity index (χ0) is 13.5. The Kier molecular flexibility index (Phi) is 6.01. The third-order valence-electron chi connectivity index (χ3n) is 2.53. The molecule has 1 aromatic rings. The van der Waals surface area contributed by atoms with Crippen LogP contribution in [0, 0.1) is 6.92 Å². The van der Waals surface area contributed by atoms with Crippen LogP contribution in [-0.2, 0) is 9.47 Å². The number of thioether (sulfide) groups is 1.